The quantitative estimate of drug-likeness (QED) is 0.334. The van der Waals surface area contributed by atoms with Crippen LogP contribution in [-0.2, 0) is 19.6 Å². The minimum absolute atomic E-state index is 0.0356. The lowest BCUT2D eigenvalue weighted by atomic mass is 10.1. The second kappa shape index (κ2) is 7.84. The Morgan fingerprint density at radius 2 is 1.73 bits per heavy atom. The molecule has 0 saturated carbocycles. The molecule has 122 valence electrons. The number of benzene rings is 1. The summed E-state index contributed by atoms with van der Waals surface area (Å²) in [6, 6.07) is 3.11. The molecule has 0 atom stereocenters. The highest BCUT2D eigenvalue weighted by atomic mass is 32.2. The number of hydrogen-bond donors (Lipinski definition) is 3. The number of aromatic carboxylic acids is 1. The van der Waals surface area contributed by atoms with Gasteiger partial charge >= 0.3 is 11.9 Å². The molecule has 0 aliphatic rings. The largest absolute Gasteiger partial charge is 0.478 e. The molecule has 0 heterocycles. The Labute approximate surface area is 125 Å². The standard InChI is InChI=1S/C12H14O9S/c13-4-5-20-6-7-21-12(16)9-3-1-2-8(11(14)15)10(9)22(17,18)19/h1-3,13H,4-7H2,(H,14,15)(H,17,18,19). The molecule has 0 spiro atoms. The Morgan fingerprint density at radius 3 is 2.27 bits per heavy atom. The maximum atomic E-state index is 11.8. The molecule has 3 N–H and O–H groups in total. The molecular formula is C12H14O9S. The fourth-order valence-corrected chi connectivity index (χ4v) is 2.44. The molecule has 1 rings (SSSR count). The normalized spacial score (nSPS) is 11.2. The maximum Gasteiger partial charge on any atom is 0.339 e. The molecule has 0 fully saturated rings. The van der Waals surface area contributed by atoms with Gasteiger partial charge in [0.15, 0.2) is 0 Å². The Balaban J connectivity index is 3.01. The van der Waals surface area contributed by atoms with Crippen molar-refractivity contribution in [1.29, 1.82) is 0 Å². The molecule has 0 amide bonds. The highest BCUT2D eigenvalue weighted by Gasteiger charge is 2.28. The SMILES string of the molecule is O=C(O)c1cccc(C(=O)OCCOCCO)c1S(=O)(=O)O. The van der Waals surface area contributed by atoms with Crippen molar-refractivity contribution in [2.45, 2.75) is 4.90 Å². The van der Waals surface area contributed by atoms with Crippen LogP contribution in [0.5, 0.6) is 0 Å². The second-order valence-corrected chi connectivity index (χ2v) is 5.29. The Bertz CT molecular complexity index is 651. The van der Waals surface area contributed by atoms with Gasteiger partial charge in [0.25, 0.3) is 10.1 Å². The van der Waals surface area contributed by atoms with Crippen LogP contribution in [0.3, 0.4) is 0 Å². The van der Waals surface area contributed by atoms with E-state index in [1.165, 1.54) is 0 Å². The summed E-state index contributed by atoms with van der Waals surface area (Å²) < 4.78 is 41.4. The van der Waals surface area contributed by atoms with E-state index in [1.807, 2.05) is 0 Å². The second-order valence-electron chi connectivity index (χ2n) is 3.93. The van der Waals surface area contributed by atoms with Crippen molar-refractivity contribution in [2.24, 2.45) is 0 Å². The van der Waals surface area contributed by atoms with E-state index in [0.717, 1.165) is 18.2 Å². The summed E-state index contributed by atoms with van der Waals surface area (Å²) in [5.74, 6) is -2.74. The molecule has 0 aliphatic carbocycles. The summed E-state index contributed by atoms with van der Waals surface area (Å²) in [6.07, 6.45) is 0. The van der Waals surface area contributed by atoms with Crippen molar-refractivity contribution in [3.63, 3.8) is 0 Å². The van der Waals surface area contributed by atoms with Crippen LogP contribution in [0.2, 0.25) is 0 Å². The highest BCUT2D eigenvalue weighted by Crippen LogP contribution is 2.21. The number of carboxylic acids is 1. The Morgan fingerprint density at radius 1 is 1.09 bits per heavy atom. The molecule has 22 heavy (non-hydrogen) atoms. The third-order valence-electron chi connectivity index (χ3n) is 2.42. The Hall–Kier alpha value is -2.01. The summed E-state index contributed by atoms with van der Waals surface area (Å²) in [5, 5.41) is 17.4. The van der Waals surface area contributed by atoms with Gasteiger partial charge in [0.2, 0.25) is 0 Å². The van der Waals surface area contributed by atoms with Crippen molar-refractivity contribution < 1.29 is 42.2 Å². The smallest absolute Gasteiger partial charge is 0.339 e. The highest BCUT2D eigenvalue weighted by molar-refractivity contribution is 7.86. The zero-order chi connectivity index (χ0) is 16.8. The first-order chi connectivity index (χ1) is 10.3. The summed E-state index contributed by atoms with van der Waals surface area (Å²) >= 11 is 0. The minimum atomic E-state index is -4.94. The zero-order valence-electron chi connectivity index (χ0n) is 11.3. The molecule has 0 unspecified atom stereocenters. The molecule has 0 bridgehead atoms. The first-order valence-corrected chi connectivity index (χ1v) is 7.42. The monoisotopic (exact) mass is 334 g/mol. The van der Waals surface area contributed by atoms with Gasteiger partial charge in [0.1, 0.15) is 11.5 Å². The number of ether oxygens (including phenoxy) is 2. The zero-order valence-corrected chi connectivity index (χ0v) is 12.1. The van der Waals surface area contributed by atoms with Crippen LogP contribution in [0.4, 0.5) is 0 Å². The van der Waals surface area contributed by atoms with E-state index in [0.29, 0.717) is 0 Å². The van der Waals surface area contributed by atoms with Gasteiger partial charge in [-0.2, -0.15) is 8.42 Å². The van der Waals surface area contributed by atoms with Gasteiger partial charge in [-0.3, -0.25) is 4.55 Å². The maximum absolute atomic E-state index is 11.8. The van der Waals surface area contributed by atoms with Crippen LogP contribution in [0.1, 0.15) is 20.7 Å². The number of aliphatic hydroxyl groups is 1. The van der Waals surface area contributed by atoms with Gasteiger partial charge in [-0.1, -0.05) is 6.07 Å². The van der Waals surface area contributed by atoms with Crippen molar-refractivity contribution in [3.05, 3.63) is 29.3 Å². The van der Waals surface area contributed by atoms with Crippen molar-refractivity contribution in [3.8, 4) is 0 Å². The lowest BCUT2D eigenvalue weighted by molar-refractivity contribution is 0.0255. The topological polar surface area (TPSA) is 147 Å². The van der Waals surface area contributed by atoms with Gasteiger partial charge in [-0.15, -0.1) is 0 Å². The summed E-state index contributed by atoms with van der Waals surface area (Å²) in [4.78, 5) is 21.8. The van der Waals surface area contributed by atoms with Crippen LogP contribution in [0.15, 0.2) is 23.1 Å². The van der Waals surface area contributed by atoms with E-state index in [2.05, 4.69) is 0 Å². The van der Waals surface area contributed by atoms with E-state index in [9.17, 15) is 18.0 Å². The molecule has 10 heteroatoms. The lowest BCUT2D eigenvalue weighted by Crippen LogP contribution is -2.18. The van der Waals surface area contributed by atoms with Gasteiger partial charge in [0, 0.05) is 0 Å². The van der Waals surface area contributed by atoms with Gasteiger partial charge in [-0.05, 0) is 12.1 Å². The van der Waals surface area contributed by atoms with E-state index in [1.54, 1.807) is 0 Å². The van der Waals surface area contributed by atoms with Gasteiger partial charge in [-0.25, -0.2) is 9.59 Å². The third-order valence-corrected chi connectivity index (χ3v) is 3.38. The van der Waals surface area contributed by atoms with Crippen LogP contribution in [0, 0.1) is 0 Å². The predicted octanol–water partition coefficient (Wildman–Crippen LogP) is -0.203. The number of rotatable bonds is 8. The van der Waals surface area contributed by atoms with Crippen molar-refractivity contribution >= 4 is 22.1 Å². The molecule has 9 nitrogen and oxygen atoms in total. The molecule has 0 aromatic heterocycles. The van der Waals surface area contributed by atoms with E-state index in [4.69, 9.17) is 24.2 Å². The predicted molar refractivity (Wildman–Crippen MR) is 71.4 cm³/mol. The van der Waals surface area contributed by atoms with E-state index >= 15 is 0 Å². The van der Waals surface area contributed by atoms with Crippen LogP contribution in [-0.4, -0.2) is 61.5 Å². The number of carbonyl (C=O) groups is 2. The molecular weight excluding hydrogens is 320 g/mol. The van der Waals surface area contributed by atoms with E-state index in [-0.39, 0.29) is 26.4 Å². The summed E-state index contributed by atoms with van der Waals surface area (Å²) in [5.41, 5.74) is -1.34. The average molecular weight is 334 g/mol. The average Bonchev–Trinajstić information content (AvgIpc) is 2.45. The van der Waals surface area contributed by atoms with Crippen LogP contribution < -0.4 is 0 Å². The minimum Gasteiger partial charge on any atom is -0.478 e. The van der Waals surface area contributed by atoms with Gasteiger partial charge < -0.3 is 19.7 Å². The lowest BCUT2D eigenvalue weighted by Gasteiger charge is -2.10. The number of carbonyl (C=O) groups excluding carboxylic acids is 1. The molecule has 1 aromatic rings. The molecule has 0 radical (unpaired) electrons. The number of hydrogen-bond acceptors (Lipinski definition) is 7. The third kappa shape index (κ3) is 4.77. The molecule has 0 aliphatic heterocycles. The molecule has 0 saturated heterocycles. The first kappa shape index (κ1) is 18.0. The summed E-state index contributed by atoms with van der Waals surface area (Å²) in [6.45, 7) is -0.434. The number of aliphatic hydroxyl groups excluding tert-OH is 1. The van der Waals surface area contributed by atoms with Crippen molar-refractivity contribution in [2.75, 3.05) is 26.4 Å². The van der Waals surface area contributed by atoms with Crippen molar-refractivity contribution in [1.82, 2.24) is 0 Å². The molecule has 1 aromatic carbocycles. The van der Waals surface area contributed by atoms with Crippen LogP contribution >= 0.6 is 0 Å². The number of esters is 1. The number of carboxylic acid groups (broad SMARTS) is 1. The van der Waals surface area contributed by atoms with E-state index < -0.39 is 38.1 Å². The first-order valence-electron chi connectivity index (χ1n) is 5.98. The van der Waals surface area contributed by atoms with Crippen LogP contribution in [0.25, 0.3) is 0 Å². The fourth-order valence-electron chi connectivity index (χ4n) is 1.58. The fraction of sp³-hybridized carbons (Fsp3) is 0.333. The summed E-state index contributed by atoms with van der Waals surface area (Å²) in [7, 11) is -4.94. The van der Waals surface area contributed by atoms with Gasteiger partial charge in [0.05, 0.1) is 30.9 Å². The Kier molecular flexibility index (Phi) is 6.43.